The van der Waals surface area contributed by atoms with Gasteiger partial charge in [-0.25, -0.2) is 0 Å². The van der Waals surface area contributed by atoms with Crippen LogP contribution in [0.15, 0.2) is 10.9 Å². The zero-order valence-corrected chi connectivity index (χ0v) is 5.78. The van der Waals surface area contributed by atoms with Crippen molar-refractivity contribution in [2.75, 3.05) is 6.54 Å². The van der Waals surface area contributed by atoms with E-state index >= 15 is 0 Å². The maximum Gasteiger partial charge on any atom is 0.240 e. The number of primary amides is 1. The number of carbonyl (C=O) groups is 1. The molecule has 0 atom stereocenters. The van der Waals surface area contributed by atoms with Crippen molar-refractivity contribution in [3.8, 4) is 0 Å². The van der Waals surface area contributed by atoms with Gasteiger partial charge in [0.05, 0.1) is 13.1 Å². The molecule has 0 aromatic carbocycles. The molecule has 0 unspecified atom stereocenters. The molecule has 1 aromatic heterocycles. The molecule has 1 aromatic rings. The SMILES string of the molecule is NC(=O)CNCc1ncno1. The zero-order valence-electron chi connectivity index (χ0n) is 5.78. The van der Waals surface area contributed by atoms with E-state index in [4.69, 9.17) is 5.73 Å². The Balaban J connectivity index is 2.19. The van der Waals surface area contributed by atoms with Crippen LogP contribution >= 0.6 is 0 Å². The number of rotatable bonds is 4. The predicted molar refractivity (Wildman–Crippen MR) is 35.2 cm³/mol. The van der Waals surface area contributed by atoms with E-state index in [0.29, 0.717) is 12.4 Å². The molecule has 1 amide bonds. The van der Waals surface area contributed by atoms with Crippen LogP contribution in [0.4, 0.5) is 0 Å². The Labute approximate surface area is 62.8 Å². The predicted octanol–water partition coefficient (Wildman–Crippen LogP) is -1.36. The summed E-state index contributed by atoms with van der Waals surface area (Å²) < 4.78 is 4.64. The lowest BCUT2D eigenvalue weighted by molar-refractivity contribution is -0.117. The van der Waals surface area contributed by atoms with Crippen molar-refractivity contribution < 1.29 is 9.32 Å². The van der Waals surface area contributed by atoms with Gasteiger partial charge in [0, 0.05) is 0 Å². The second-order valence-electron chi connectivity index (χ2n) is 1.90. The quantitative estimate of drug-likeness (QED) is 0.561. The van der Waals surface area contributed by atoms with Crippen molar-refractivity contribution in [3.63, 3.8) is 0 Å². The lowest BCUT2D eigenvalue weighted by Gasteiger charge is -1.94. The minimum absolute atomic E-state index is 0.113. The first-order chi connectivity index (χ1) is 5.29. The zero-order chi connectivity index (χ0) is 8.10. The Hall–Kier alpha value is -1.43. The lowest BCUT2D eigenvalue weighted by atomic mass is 10.5. The van der Waals surface area contributed by atoms with E-state index in [1.54, 1.807) is 0 Å². The number of nitrogens with zero attached hydrogens (tertiary/aromatic N) is 2. The number of nitrogens with two attached hydrogens (primary N) is 1. The third-order valence-corrected chi connectivity index (χ3v) is 0.982. The largest absolute Gasteiger partial charge is 0.369 e. The summed E-state index contributed by atoms with van der Waals surface area (Å²) >= 11 is 0. The van der Waals surface area contributed by atoms with Crippen LogP contribution in [0.25, 0.3) is 0 Å². The minimum atomic E-state index is -0.412. The average Bonchev–Trinajstić information content (AvgIpc) is 2.39. The highest BCUT2D eigenvalue weighted by Crippen LogP contribution is 1.87. The normalized spacial score (nSPS) is 9.82. The Morgan fingerprint density at radius 3 is 3.18 bits per heavy atom. The van der Waals surface area contributed by atoms with Crippen LogP contribution < -0.4 is 11.1 Å². The van der Waals surface area contributed by atoms with Crippen molar-refractivity contribution in [3.05, 3.63) is 12.2 Å². The van der Waals surface area contributed by atoms with Gasteiger partial charge in [0.25, 0.3) is 0 Å². The maximum atomic E-state index is 10.2. The van der Waals surface area contributed by atoms with Gasteiger partial charge in [-0.15, -0.1) is 0 Å². The van der Waals surface area contributed by atoms with E-state index in [1.165, 1.54) is 6.33 Å². The lowest BCUT2D eigenvalue weighted by Crippen LogP contribution is -2.28. The molecule has 0 aliphatic rings. The summed E-state index contributed by atoms with van der Waals surface area (Å²) in [5.74, 6) is 0.0239. The summed E-state index contributed by atoms with van der Waals surface area (Å²) in [6, 6.07) is 0. The van der Waals surface area contributed by atoms with E-state index < -0.39 is 5.91 Å². The van der Waals surface area contributed by atoms with Gasteiger partial charge in [0.1, 0.15) is 0 Å². The standard InChI is InChI=1S/C5H8N4O2/c6-4(10)1-7-2-5-8-3-9-11-5/h3,7H,1-2H2,(H2,6,10). The van der Waals surface area contributed by atoms with Gasteiger partial charge < -0.3 is 10.3 Å². The molecule has 0 bridgehead atoms. The monoisotopic (exact) mass is 156 g/mol. The maximum absolute atomic E-state index is 10.2. The molecule has 0 aliphatic carbocycles. The Kier molecular flexibility index (Phi) is 2.56. The van der Waals surface area contributed by atoms with Crippen molar-refractivity contribution >= 4 is 5.91 Å². The molecule has 11 heavy (non-hydrogen) atoms. The highest BCUT2D eigenvalue weighted by Gasteiger charge is 1.98. The van der Waals surface area contributed by atoms with E-state index in [2.05, 4.69) is 20.0 Å². The second-order valence-corrected chi connectivity index (χ2v) is 1.90. The first-order valence-corrected chi connectivity index (χ1v) is 3.03. The van der Waals surface area contributed by atoms with Gasteiger partial charge in [-0.1, -0.05) is 5.16 Å². The molecule has 0 saturated carbocycles. The fourth-order valence-electron chi connectivity index (χ4n) is 0.566. The molecular formula is C5H8N4O2. The van der Waals surface area contributed by atoms with E-state index in [-0.39, 0.29) is 6.54 Å². The van der Waals surface area contributed by atoms with E-state index in [1.807, 2.05) is 0 Å². The van der Waals surface area contributed by atoms with Crippen LogP contribution in [0, 0.1) is 0 Å². The molecule has 1 heterocycles. The summed E-state index contributed by atoms with van der Waals surface area (Å²) in [7, 11) is 0. The van der Waals surface area contributed by atoms with Crippen molar-refractivity contribution in [1.82, 2.24) is 15.5 Å². The number of amides is 1. The topological polar surface area (TPSA) is 94.0 Å². The van der Waals surface area contributed by atoms with Gasteiger partial charge in [-0.05, 0) is 0 Å². The third kappa shape index (κ3) is 2.76. The molecule has 0 aliphatic heterocycles. The Bertz CT molecular complexity index is 220. The second kappa shape index (κ2) is 3.67. The summed E-state index contributed by atoms with van der Waals surface area (Å²) in [6.07, 6.45) is 1.29. The van der Waals surface area contributed by atoms with Gasteiger partial charge in [-0.2, -0.15) is 4.98 Å². The minimum Gasteiger partial charge on any atom is -0.369 e. The molecule has 0 radical (unpaired) electrons. The van der Waals surface area contributed by atoms with Crippen molar-refractivity contribution in [2.24, 2.45) is 5.73 Å². The number of aromatic nitrogens is 2. The van der Waals surface area contributed by atoms with Gasteiger partial charge in [0.2, 0.25) is 11.8 Å². The molecule has 3 N–H and O–H groups in total. The number of hydrogen-bond acceptors (Lipinski definition) is 5. The van der Waals surface area contributed by atoms with Crippen LogP contribution in [0.3, 0.4) is 0 Å². The van der Waals surface area contributed by atoms with Crippen molar-refractivity contribution in [1.29, 1.82) is 0 Å². The van der Waals surface area contributed by atoms with E-state index in [9.17, 15) is 4.79 Å². The smallest absolute Gasteiger partial charge is 0.240 e. The fourth-order valence-corrected chi connectivity index (χ4v) is 0.566. The number of hydrogen-bond donors (Lipinski definition) is 2. The summed E-state index contributed by atoms with van der Waals surface area (Å²) in [4.78, 5) is 13.9. The van der Waals surface area contributed by atoms with Crippen LogP contribution in [-0.2, 0) is 11.3 Å². The third-order valence-electron chi connectivity index (χ3n) is 0.982. The summed E-state index contributed by atoms with van der Waals surface area (Å²) in [5, 5.41) is 6.09. The van der Waals surface area contributed by atoms with Crippen molar-refractivity contribution in [2.45, 2.75) is 6.54 Å². The summed E-state index contributed by atoms with van der Waals surface area (Å²) in [5.41, 5.74) is 4.86. The molecule has 0 fully saturated rings. The van der Waals surface area contributed by atoms with Crippen LogP contribution in [0.1, 0.15) is 5.89 Å². The van der Waals surface area contributed by atoms with Gasteiger partial charge in [-0.3, -0.25) is 10.1 Å². The van der Waals surface area contributed by atoms with Crippen LogP contribution in [-0.4, -0.2) is 22.6 Å². The van der Waals surface area contributed by atoms with Gasteiger partial charge >= 0.3 is 0 Å². The number of carbonyl (C=O) groups excluding carboxylic acids is 1. The van der Waals surface area contributed by atoms with Gasteiger partial charge in [0.15, 0.2) is 6.33 Å². The van der Waals surface area contributed by atoms with E-state index in [0.717, 1.165) is 0 Å². The molecule has 6 nitrogen and oxygen atoms in total. The highest BCUT2D eigenvalue weighted by molar-refractivity contribution is 5.75. The first-order valence-electron chi connectivity index (χ1n) is 3.03. The first kappa shape index (κ1) is 7.67. The molecule has 6 heteroatoms. The Morgan fingerprint density at radius 1 is 1.82 bits per heavy atom. The fraction of sp³-hybridized carbons (Fsp3) is 0.400. The Morgan fingerprint density at radius 2 is 2.64 bits per heavy atom. The average molecular weight is 156 g/mol. The molecule has 1 rings (SSSR count). The summed E-state index contributed by atoms with van der Waals surface area (Å²) in [6.45, 7) is 0.477. The van der Waals surface area contributed by atoms with Crippen LogP contribution in [0.5, 0.6) is 0 Å². The van der Waals surface area contributed by atoms with Crippen LogP contribution in [0.2, 0.25) is 0 Å². The highest BCUT2D eigenvalue weighted by atomic mass is 16.5. The molecule has 60 valence electrons. The molecular weight excluding hydrogens is 148 g/mol. The number of nitrogens with one attached hydrogen (secondary N) is 1. The molecule has 0 spiro atoms. The molecule has 0 saturated heterocycles.